The van der Waals surface area contributed by atoms with Crippen molar-refractivity contribution in [2.24, 2.45) is 0 Å². The van der Waals surface area contributed by atoms with E-state index in [0.717, 1.165) is 17.7 Å². The molecule has 2 rings (SSSR count). The topological polar surface area (TPSA) is 48.0 Å². The lowest BCUT2D eigenvalue weighted by Gasteiger charge is -2.32. The Bertz CT molecular complexity index is 522. The normalized spacial score (nSPS) is 14.5. The average Bonchev–Trinajstić information content (AvgIpc) is 2.45. The molecule has 5 nitrogen and oxygen atoms in total. The first-order valence-electron chi connectivity index (χ1n) is 7.61. The third-order valence-corrected chi connectivity index (χ3v) is 3.43. The van der Waals surface area contributed by atoms with Gasteiger partial charge in [0.2, 0.25) is 0 Å². The van der Waals surface area contributed by atoms with Gasteiger partial charge in [-0.2, -0.15) is 0 Å². The molecule has 1 aromatic carbocycles. The fourth-order valence-corrected chi connectivity index (χ4v) is 2.40. The zero-order chi connectivity index (χ0) is 16.2. The highest BCUT2D eigenvalue weighted by Crippen LogP contribution is 2.29. The Hall–Kier alpha value is -1.75. The SMILES string of the molecule is COCCOc1cccc2c1CN(C(=O)OC(C)(C)C)CC2. The highest BCUT2D eigenvalue weighted by atomic mass is 16.6. The van der Waals surface area contributed by atoms with Gasteiger partial charge >= 0.3 is 6.09 Å². The zero-order valence-electron chi connectivity index (χ0n) is 13.8. The molecule has 5 heteroatoms. The summed E-state index contributed by atoms with van der Waals surface area (Å²) in [6, 6.07) is 6.02. The predicted molar refractivity (Wildman–Crippen MR) is 84.2 cm³/mol. The van der Waals surface area contributed by atoms with Crippen LogP contribution in [-0.4, -0.2) is 43.5 Å². The van der Waals surface area contributed by atoms with Gasteiger partial charge in [0.1, 0.15) is 18.0 Å². The molecule has 122 valence electrons. The molecule has 0 unspecified atom stereocenters. The van der Waals surface area contributed by atoms with E-state index in [4.69, 9.17) is 14.2 Å². The van der Waals surface area contributed by atoms with E-state index in [1.807, 2.05) is 32.9 Å². The van der Waals surface area contributed by atoms with E-state index >= 15 is 0 Å². The van der Waals surface area contributed by atoms with Gasteiger partial charge in [-0.15, -0.1) is 0 Å². The molecule has 1 aliphatic heterocycles. The summed E-state index contributed by atoms with van der Waals surface area (Å²) in [6.45, 7) is 7.86. The first kappa shape index (κ1) is 16.6. The predicted octanol–water partition coefficient (Wildman–Crippen LogP) is 3.01. The molecule has 22 heavy (non-hydrogen) atoms. The molecule has 1 aliphatic rings. The molecule has 0 N–H and O–H groups in total. The number of hydrogen-bond donors (Lipinski definition) is 0. The highest BCUT2D eigenvalue weighted by molar-refractivity contribution is 5.69. The zero-order valence-corrected chi connectivity index (χ0v) is 13.8. The van der Waals surface area contributed by atoms with Gasteiger partial charge in [0, 0.05) is 19.2 Å². The van der Waals surface area contributed by atoms with Gasteiger partial charge in [0.15, 0.2) is 0 Å². The summed E-state index contributed by atoms with van der Waals surface area (Å²) in [5.74, 6) is 0.822. The summed E-state index contributed by atoms with van der Waals surface area (Å²) in [7, 11) is 1.65. The number of amides is 1. The fourth-order valence-electron chi connectivity index (χ4n) is 2.40. The molecule has 0 bridgehead atoms. The Balaban J connectivity index is 2.09. The summed E-state index contributed by atoms with van der Waals surface area (Å²) in [5.41, 5.74) is 1.82. The van der Waals surface area contributed by atoms with E-state index in [9.17, 15) is 4.79 Å². The van der Waals surface area contributed by atoms with Crippen LogP contribution in [0, 0.1) is 0 Å². The number of nitrogens with zero attached hydrogens (tertiary/aromatic N) is 1. The molecular weight excluding hydrogens is 282 g/mol. The van der Waals surface area contributed by atoms with Gasteiger partial charge < -0.3 is 19.1 Å². The van der Waals surface area contributed by atoms with Crippen LogP contribution in [0.15, 0.2) is 18.2 Å². The van der Waals surface area contributed by atoms with E-state index in [1.54, 1.807) is 12.0 Å². The van der Waals surface area contributed by atoms with Gasteiger partial charge in [-0.1, -0.05) is 12.1 Å². The number of hydrogen-bond acceptors (Lipinski definition) is 4. The van der Waals surface area contributed by atoms with E-state index in [1.165, 1.54) is 5.56 Å². The van der Waals surface area contributed by atoms with Crippen LogP contribution >= 0.6 is 0 Å². The molecule has 0 aliphatic carbocycles. The molecule has 1 aromatic rings. The molecule has 1 heterocycles. The number of fused-ring (bicyclic) bond motifs is 1. The van der Waals surface area contributed by atoms with Gasteiger partial charge in [0.25, 0.3) is 0 Å². The van der Waals surface area contributed by atoms with Crippen molar-refractivity contribution in [3.63, 3.8) is 0 Å². The second kappa shape index (κ2) is 7.01. The smallest absolute Gasteiger partial charge is 0.410 e. The minimum atomic E-state index is -0.480. The lowest BCUT2D eigenvalue weighted by Crippen LogP contribution is -2.40. The second-order valence-corrected chi connectivity index (χ2v) is 6.39. The molecule has 0 spiro atoms. The van der Waals surface area contributed by atoms with E-state index in [2.05, 4.69) is 6.07 Å². The molecule has 0 aromatic heterocycles. The van der Waals surface area contributed by atoms with Crippen LogP contribution in [-0.2, 0) is 22.4 Å². The highest BCUT2D eigenvalue weighted by Gasteiger charge is 2.27. The number of ether oxygens (including phenoxy) is 3. The summed E-state index contributed by atoms with van der Waals surface area (Å²) in [6.07, 6.45) is 0.542. The number of rotatable bonds is 4. The van der Waals surface area contributed by atoms with E-state index < -0.39 is 5.60 Å². The van der Waals surface area contributed by atoms with Crippen molar-refractivity contribution in [1.82, 2.24) is 4.90 Å². The van der Waals surface area contributed by atoms with Crippen LogP contribution in [0.1, 0.15) is 31.9 Å². The van der Waals surface area contributed by atoms with Crippen LogP contribution in [0.4, 0.5) is 4.79 Å². The summed E-state index contributed by atoms with van der Waals surface area (Å²) in [5, 5.41) is 0. The Labute approximate surface area is 132 Å². The minimum absolute atomic E-state index is 0.273. The second-order valence-electron chi connectivity index (χ2n) is 6.39. The van der Waals surface area contributed by atoms with Crippen LogP contribution in [0.3, 0.4) is 0 Å². The molecule has 0 fully saturated rings. The van der Waals surface area contributed by atoms with Crippen LogP contribution < -0.4 is 4.74 Å². The lowest BCUT2D eigenvalue weighted by molar-refractivity contribution is 0.0221. The quantitative estimate of drug-likeness (QED) is 0.802. The number of carbonyl (C=O) groups excluding carboxylic acids is 1. The van der Waals surface area contributed by atoms with Crippen molar-refractivity contribution in [3.05, 3.63) is 29.3 Å². The number of carbonyl (C=O) groups is 1. The van der Waals surface area contributed by atoms with Crippen LogP contribution in [0.5, 0.6) is 5.75 Å². The van der Waals surface area contributed by atoms with Gasteiger partial charge in [-0.25, -0.2) is 4.79 Å². The fraction of sp³-hybridized carbons (Fsp3) is 0.588. The first-order chi connectivity index (χ1) is 10.4. The first-order valence-corrected chi connectivity index (χ1v) is 7.61. The molecule has 0 saturated heterocycles. The molecule has 1 amide bonds. The molecule has 0 atom stereocenters. The average molecular weight is 307 g/mol. The maximum absolute atomic E-state index is 12.2. The third kappa shape index (κ3) is 4.37. The molecular formula is C17H25NO4. The van der Waals surface area contributed by atoms with Crippen molar-refractivity contribution >= 4 is 6.09 Å². The largest absolute Gasteiger partial charge is 0.491 e. The molecule has 0 radical (unpaired) electrons. The van der Waals surface area contributed by atoms with Gasteiger partial charge in [0.05, 0.1) is 13.2 Å². The summed E-state index contributed by atoms with van der Waals surface area (Å²) in [4.78, 5) is 14.0. The molecule has 0 saturated carbocycles. The van der Waals surface area contributed by atoms with E-state index in [0.29, 0.717) is 26.3 Å². The standard InChI is InChI=1S/C17H25NO4/c1-17(2,3)22-16(19)18-9-8-13-6-5-7-15(14(13)12-18)21-11-10-20-4/h5-7H,8-12H2,1-4H3. The monoisotopic (exact) mass is 307 g/mol. The van der Waals surface area contributed by atoms with Crippen molar-refractivity contribution < 1.29 is 19.0 Å². The Morgan fingerprint density at radius 2 is 2.05 bits per heavy atom. The number of benzene rings is 1. The Kier molecular flexibility index (Phi) is 5.29. The van der Waals surface area contributed by atoms with Crippen molar-refractivity contribution in [3.8, 4) is 5.75 Å². The van der Waals surface area contributed by atoms with Crippen molar-refractivity contribution in [1.29, 1.82) is 0 Å². The maximum atomic E-state index is 12.2. The Morgan fingerprint density at radius 3 is 2.73 bits per heavy atom. The lowest BCUT2D eigenvalue weighted by atomic mass is 9.99. The Morgan fingerprint density at radius 1 is 1.27 bits per heavy atom. The van der Waals surface area contributed by atoms with E-state index in [-0.39, 0.29) is 6.09 Å². The van der Waals surface area contributed by atoms with Gasteiger partial charge in [-0.3, -0.25) is 0 Å². The van der Waals surface area contributed by atoms with Crippen molar-refractivity contribution in [2.45, 2.75) is 39.3 Å². The van der Waals surface area contributed by atoms with Gasteiger partial charge in [-0.05, 0) is 38.8 Å². The van der Waals surface area contributed by atoms with Crippen molar-refractivity contribution in [2.75, 3.05) is 26.9 Å². The summed E-state index contributed by atoms with van der Waals surface area (Å²) >= 11 is 0. The van der Waals surface area contributed by atoms with Crippen LogP contribution in [0.25, 0.3) is 0 Å². The van der Waals surface area contributed by atoms with Crippen LogP contribution in [0.2, 0.25) is 0 Å². The maximum Gasteiger partial charge on any atom is 0.410 e. The number of methoxy groups -OCH3 is 1. The summed E-state index contributed by atoms with van der Waals surface area (Å²) < 4.78 is 16.2. The minimum Gasteiger partial charge on any atom is -0.491 e. The third-order valence-electron chi connectivity index (χ3n) is 3.43.